The number of benzene rings is 1. The Morgan fingerprint density at radius 3 is 2.56 bits per heavy atom. The van der Waals surface area contributed by atoms with Crippen molar-refractivity contribution in [3.8, 4) is 0 Å². The van der Waals surface area contributed by atoms with E-state index in [0.717, 1.165) is 25.9 Å². The molecule has 1 aromatic rings. The van der Waals surface area contributed by atoms with E-state index < -0.39 is 0 Å². The fourth-order valence-electron chi connectivity index (χ4n) is 2.32. The number of aryl methyl sites for hydroxylation is 2. The second-order valence-corrected chi connectivity index (χ2v) is 5.81. The molecule has 0 radical (unpaired) electrons. The number of rotatable bonds is 7. The highest BCUT2D eigenvalue weighted by Crippen LogP contribution is 2.26. The molecule has 0 saturated carbocycles. The quantitative estimate of drug-likeness (QED) is 0.728. The summed E-state index contributed by atoms with van der Waals surface area (Å²) in [6.07, 6.45) is 1.93. The number of hydrogen-bond acceptors (Lipinski definition) is 2. The van der Waals surface area contributed by atoms with Gasteiger partial charge in [0.05, 0.1) is 0 Å². The number of nitrogens with one attached hydrogen (secondary N) is 1. The first-order valence-electron chi connectivity index (χ1n) is 6.86. The molecule has 0 aromatic heterocycles. The van der Waals surface area contributed by atoms with Crippen LogP contribution >= 0.6 is 0 Å². The summed E-state index contributed by atoms with van der Waals surface area (Å²) in [6.45, 7) is 11.2. The predicted octanol–water partition coefficient (Wildman–Crippen LogP) is 2.94. The maximum Gasteiger partial charge on any atom is 0.0431 e. The van der Waals surface area contributed by atoms with Crippen LogP contribution in [-0.2, 0) is 5.41 Å². The zero-order valence-electron chi connectivity index (χ0n) is 12.2. The van der Waals surface area contributed by atoms with Gasteiger partial charge in [0, 0.05) is 18.6 Å². The van der Waals surface area contributed by atoms with E-state index in [-0.39, 0.29) is 5.41 Å². The van der Waals surface area contributed by atoms with Crippen molar-refractivity contribution >= 4 is 0 Å². The summed E-state index contributed by atoms with van der Waals surface area (Å²) in [7, 11) is 0. The van der Waals surface area contributed by atoms with Crippen LogP contribution in [0.2, 0.25) is 0 Å². The van der Waals surface area contributed by atoms with Gasteiger partial charge in [-0.05, 0) is 44.4 Å². The fourth-order valence-corrected chi connectivity index (χ4v) is 2.32. The molecular weight excluding hydrogens is 222 g/mol. The van der Waals surface area contributed by atoms with Gasteiger partial charge in [-0.3, -0.25) is 0 Å². The van der Waals surface area contributed by atoms with E-state index >= 15 is 0 Å². The van der Waals surface area contributed by atoms with Gasteiger partial charge in [0.15, 0.2) is 0 Å². The minimum atomic E-state index is 0.148. The lowest BCUT2D eigenvalue weighted by Gasteiger charge is -2.28. The van der Waals surface area contributed by atoms with Gasteiger partial charge < -0.3 is 10.4 Å². The van der Waals surface area contributed by atoms with Crippen LogP contribution < -0.4 is 5.32 Å². The molecule has 2 N–H and O–H groups in total. The summed E-state index contributed by atoms with van der Waals surface area (Å²) in [5, 5.41) is 12.2. The Bertz CT molecular complexity index is 371. The molecule has 0 spiro atoms. The topological polar surface area (TPSA) is 32.3 Å². The molecule has 2 heteroatoms. The van der Waals surface area contributed by atoms with Gasteiger partial charge in [-0.25, -0.2) is 0 Å². The van der Waals surface area contributed by atoms with Gasteiger partial charge >= 0.3 is 0 Å². The Balaban J connectivity index is 2.59. The summed E-state index contributed by atoms with van der Waals surface area (Å²) in [5.41, 5.74) is 4.26. The Labute approximate surface area is 111 Å². The van der Waals surface area contributed by atoms with E-state index in [1.54, 1.807) is 0 Å². The van der Waals surface area contributed by atoms with E-state index in [1.165, 1.54) is 16.7 Å². The summed E-state index contributed by atoms with van der Waals surface area (Å²) < 4.78 is 0. The lowest BCUT2D eigenvalue weighted by molar-refractivity contribution is 0.283. The molecule has 0 fully saturated rings. The molecule has 0 unspecified atom stereocenters. The second kappa shape index (κ2) is 6.91. The van der Waals surface area contributed by atoms with Crippen LogP contribution in [0.5, 0.6) is 0 Å². The predicted molar refractivity (Wildman–Crippen MR) is 78.1 cm³/mol. The molecule has 2 nitrogen and oxygen atoms in total. The Kier molecular flexibility index (Phi) is 5.83. The molecule has 0 aliphatic rings. The molecule has 0 saturated heterocycles. The van der Waals surface area contributed by atoms with Gasteiger partial charge in [0.1, 0.15) is 0 Å². The highest BCUT2D eigenvalue weighted by atomic mass is 16.2. The van der Waals surface area contributed by atoms with Gasteiger partial charge in [0.25, 0.3) is 0 Å². The molecule has 0 amide bonds. The van der Waals surface area contributed by atoms with Crippen molar-refractivity contribution in [2.45, 2.75) is 46.0 Å². The first kappa shape index (κ1) is 15.2. The van der Waals surface area contributed by atoms with E-state index in [0.29, 0.717) is 6.61 Å². The number of aliphatic hydroxyl groups is 1. The maximum absolute atomic E-state index is 8.74. The zero-order chi connectivity index (χ0) is 13.6. The summed E-state index contributed by atoms with van der Waals surface area (Å²) >= 11 is 0. The first-order valence-corrected chi connectivity index (χ1v) is 6.86. The van der Waals surface area contributed by atoms with Crippen LogP contribution in [0, 0.1) is 13.8 Å². The molecule has 0 atom stereocenters. The number of unbranched alkanes of at least 4 members (excludes halogenated alkanes) is 1. The average molecular weight is 249 g/mol. The Morgan fingerprint density at radius 2 is 1.89 bits per heavy atom. The van der Waals surface area contributed by atoms with Gasteiger partial charge in [0.2, 0.25) is 0 Å². The van der Waals surface area contributed by atoms with Crippen molar-refractivity contribution in [3.05, 3.63) is 34.9 Å². The third-order valence-electron chi connectivity index (χ3n) is 3.45. The summed E-state index contributed by atoms with van der Waals surface area (Å²) in [6, 6.07) is 6.67. The summed E-state index contributed by atoms with van der Waals surface area (Å²) in [4.78, 5) is 0. The van der Waals surface area contributed by atoms with E-state index in [1.807, 2.05) is 0 Å². The monoisotopic (exact) mass is 249 g/mol. The van der Waals surface area contributed by atoms with Crippen molar-refractivity contribution in [1.29, 1.82) is 0 Å². The van der Waals surface area contributed by atoms with Gasteiger partial charge in [-0.2, -0.15) is 0 Å². The molecule has 0 aliphatic heterocycles. The number of aliphatic hydroxyl groups excluding tert-OH is 1. The lowest BCUT2D eigenvalue weighted by Crippen LogP contribution is -2.34. The van der Waals surface area contributed by atoms with Gasteiger partial charge in [-0.1, -0.05) is 37.6 Å². The van der Waals surface area contributed by atoms with Crippen LogP contribution in [0.3, 0.4) is 0 Å². The SMILES string of the molecule is Cc1ccc(C)c(C(C)(C)CNCCCCO)c1. The van der Waals surface area contributed by atoms with E-state index in [9.17, 15) is 0 Å². The zero-order valence-corrected chi connectivity index (χ0v) is 12.2. The normalized spacial score (nSPS) is 11.8. The van der Waals surface area contributed by atoms with Crippen LogP contribution in [0.4, 0.5) is 0 Å². The first-order chi connectivity index (χ1) is 8.47. The second-order valence-electron chi connectivity index (χ2n) is 5.81. The van der Waals surface area contributed by atoms with Crippen molar-refractivity contribution in [1.82, 2.24) is 5.32 Å². The van der Waals surface area contributed by atoms with Crippen molar-refractivity contribution in [2.75, 3.05) is 19.7 Å². The van der Waals surface area contributed by atoms with E-state index in [2.05, 4.69) is 51.2 Å². The molecule has 0 bridgehead atoms. The standard InChI is InChI=1S/C16H27NO/c1-13-7-8-14(2)15(11-13)16(3,4)12-17-9-5-6-10-18/h7-8,11,17-18H,5-6,9-10,12H2,1-4H3. The molecule has 102 valence electrons. The molecule has 18 heavy (non-hydrogen) atoms. The molecular formula is C16H27NO. The van der Waals surface area contributed by atoms with E-state index in [4.69, 9.17) is 5.11 Å². The molecule has 0 aliphatic carbocycles. The highest BCUT2D eigenvalue weighted by Gasteiger charge is 2.21. The minimum Gasteiger partial charge on any atom is -0.396 e. The van der Waals surface area contributed by atoms with Crippen molar-refractivity contribution in [3.63, 3.8) is 0 Å². The number of hydrogen-bond donors (Lipinski definition) is 2. The third kappa shape index (κ3) is 4.43. The van der Waals surface area contributed by atoms with Crippen LogP contribution in [0.25, 0.3) is 0 Å². The molecule has 1 rings (SSSR count). The van der Waals surface area contributed by atoms with Crippen molar-refractivity contribution in [2.24, 2.45) is 0 Å². The maximum atomic E-state index is 8.74. The lowest BCUT2D eigenvalue weighted by atomic mass is 9.81. The Morgan fingerprint density at radius 1 is 1.17 bits per heavy atom. The van der Waals surface area contributed by atoms with Crippen molar-refractivity contribution < 1.29 is 5.11 Å². The van der Waals surface area contributed by atoms with Gasteiger partial charge in [-0.15, -0.1) is 0 Å². The smallest absolute Gasteiger partial charge is 0.0431 e. The third-order valence-corrected chi connectivity index (χ3v) is 3.45. The highest BCUT2D eigenvalue weighted by molar-refractivity contribution is 5.36. The van der Waals surface area contributed by atoms with Crippen LogP contribution in [0.1, 0.15) is 43.4 Å². The minimum absolute atomic E-state index is 0.148. The Hall–Kier alpha value is -0.860. The largest absolute Gasteiger partial charge is 0.396 e. The molecule has 0 heterocycles. The average Bonchev–Trinajstić information content (AvgIpc) is 2.32. The fraction of sp³-hybridized carbons (Fsp3) is 0.625. The molecule has 1 aromatic carbocycles. The summed E-state index contributed by atoms with van der Waals surface area (Å²) in [5.74, 6) is 0. The van der Waals surface area contributed by atoms with Crippen LogP contribution in [0.15, 0.2) is 18.2 Å². The van der Waals surface area contributed by atoms with Crippen LogP contribution in [-0.4, -0.2) is 24.8 Å².